The highest BCUT2D eigenvalue weighted by atomic mass is 16.4. The molecule has 1 aromatic heterocycles. The Labute approximate surface area is 101 Å². The first kappa shape index (κ1) is 12.2. The van der Waals surface area contributed by atoms with Crippen molar-refractivity contribution >= 4 is 5.97 Å². The quantitative estimate of drug-likeness (QED) is 0.877. The van der Waals surface area contributed by atoms with E-state index in [0.29, 0.717) is 6.54 Å². The van der Waals surface area contributed by atoms with E-state index in [1.165, 1.54) is 0 Å². The number of rotatable bonds is 3. The third kappa shape index (κ3) is 2.88. The van der Waals surface area contributed by atoms with E-state index < -0.39 is 5.97 Å². The van der Waals surface area contributed by atoms with Gasteiger partial charge in [0, 0.05) is 0 Å². The van der Waals surface area contributed by atoms with Crippen LogP contribution in [0.25, 0.3) is 0 Å². The van der Waals surface area contributed by atoms with Gasteiger partial charge in [0.25, 0.3) is 0 Å². The molecule has 0 spiro atoms. The molecule has 4 heteroatoms. The molecule has 1 atom stereocenters. The van der Waals surface area contributed by atoms with Crippen molar-refractivity contribution in [3.8, 4) is 0 Å². The Bertz CT molecular complexity index is 386. The zero-order chi connectivity index (χ0) is 12.3. The number of nitrogens with zero attached hydrogens (tertiary/aromatic N) is 1. The minimum atomic E-state index is -0.712. The van der Waals surface area contributed by atoms with E-state index in [4.69, 9.17) is 4.42 Å². The van der Waals surface area contributed by atoms with Crippen molar-refractivity contribution < 1.29 is 14.3 Å². The third-order valence-electron chi connectivity index (χ3n) is 3.46. The number of hydrogen-bond acceptors (Lipinski definition) is 3. The molecule has 0 aliphatic carbocycles. The van der Waals surface area contributed by atoms with E-state index in [9.17, 15) is 9.90 Å². The van der Waals surface area contributed by atoms with E-state index in [2.05, 4.69) is 0 Å². The molecule has 0 radical (unpaired) electrons. The van der Waals surface area contributed by atoms with Crippen molar-refractivity contribution in [1.82, 2.24) is 4.90 Å². The van der Waals surface area contributed by atoms with Gasteiger partial charge in [-0.15, -0.1) is 0 Å². The smallest absolute Gasteiger partial charge is 0.320 e. The summed E-state index contributed by atoms with van der Waals surface area (Å²) in [4.78, 5) is 13.3. The minimum absolute atomic E-state index is 0.359. The summed E-state index contributed by atoms with van der Waals surface area (Å²) < 4.78 is 5.40. The standard InChI is InChI=1S/C13H19NO3/c1-10-6-8-17-12(10)9-14-7-4-2-3-5-11(14)13(15)16/h6,8,11H,2-5,7,9H2,1H3,(H,15,16). The topological polar surface area (TPSA) is 53.7 Å². The lowest BCUT2D eigenvalue weighted by Gasteiger charge is -2.25. The first-order chi connectivity index (χ1) is 8.18. The van der Waals surface area contributed by atoms with Gasteiger partial charge in [0.1, 0.15) is 11.8 Å². The monoisotopic (exact) mass is 237 g/mol. The van der Waals surface area contributed by atoms with Crippen LogP contribution in [-0.2, 0) is 11.3 Å². The van der Waals surface area contributed by atoms with Gasteiger partial charge in [-0.2, -0.15) is 0 Å². The van der Waals surface area contributed by atoms with Gasteiger partial charge >= 0.3 is 5.97 Å². The molecule has 2 rings (SSSR count). The Morgan fingerprint density at radius 1 is 1.53 bits per heavy atom. The van der Waals surface area contributed by atoms with Crippen LogP contribution in [0.15, 0.2) is 16.7 Å². The SMILES string of the molecule is Cc1ccoc1CN1CCCCCC1C(=O)O. The van der Waals surface area contributed by atoms with Crippen molar-refractivity contribution in [1.29, 1.82) is 0 Å². The normalized spacial score (nSPS) is 22.3. The van der Waals surface area contributed by atoms with E-state index >= 15 is 0 Å². The molecule has 4 nitrogen and oxygen atoms in total. The van der Waals surface area contributed by atoms with Crippen molar-refractivity contribution in [2.45, 2.75) is 45.2 Å². The van der Waals surface area contributed by atoms with Crippen LogP contribution in [0.1, 0.15) is 37.0 Å². The van der Waals surface area contributed by atoms with Crippen LogP contribution >= 0.6 is 0 Å². The van der Waals surface area contributed by atoms with Gasteiger partial charge in [0.15, 0.2) is 0 Å². The molecule has 1 aliphatic rings. The highest BCUT2D eigenvalue weighted by Gasteiger charge is 2.27. The van der Waals surface area contributed by atoms with Gasteiger partial charge in [-0.25, -0.2) is 0 Å². The van der Waals surface area contributed by atoms with Crippen LogP contribution in [-0.4, -0.2) is 28.6 Å². The number of aliphatic carboxylic acids is 1. The van der Waals surface area contributed by atoms with Crippen LogP contribution in [0, 0.1) is 6.92 Å². The predicted molar refractivity (Wildman–Crippen MR) is 63.7 cm³/mol. The number of hydrogen-bond donors (Lipinski definition) is 1. The number of aryl methyl sites for hydroxylation is 1. The Morgan fingerprint density at radius 3 is 3.00 bits per heavy atom. The number of carbonyl (C=O) groups is 1. The summed E-state index contributed by atoms with van der Waals surface area (Å²) in [6, 6.07) is 1.56. The van der Waals surface area contributed by atoms with E-state index in [0.717, 1.165) is 43.6 Å². The van der Waals surface area contributed by atoms with Crippen molar-refractivity contribution in [2.24, 2.45) is 0 Å². The number of furan rings is 1. The predicted octanol–water partition coefficient (Wildman–Crippen LogP) is 2.42. The van der Waals surface area contributed by atoms with E-state index in [1.54, 1.807) is 6.26 Å². The number of carboxylic acid groups (broad SMARTS) is 1. The summed E-state index contributed by atoms with van der Waals surface area (Å²) >= 11 is 0. The van der Waals surface area contributed by atoms with Gasteiger partial charge < -0.3 is 9.52 Å². The second-order valence-electron chi connectivity index (χ2n) is 4.70. The molecule has 1 fully saturated rings. The second-order valence-corrected chi connectivity index (χ2v) is 4.70. The fourth-order valence-electron chi connectivity index (χ4n) is 2.39. The van der Waals surface area contributed by atoms with Crippen LogP contribution in [0.4, 0.5) is 0 Å². The number of carboxylic acids is 1. The molecule has 2 heterocycles. The Kier molecular flexibility index (Phi) is 3.84. The van der Waals surface area contributed by atoms with Crippen molar-refractivity contribution in [3.63, 3.8) is 0 Å². The maximum absolute atomic E-state index is 11.3. The van der Waals surface area contributed by atoms with Crippen LogP contribution in [0.3, 0.4) is 0 Å². The summed E-state index contributed by atoms with van der Waals surface area (Å²) in [7, 11) is 0. The third-order valence-corrected chi connectivity index (χ3v) is 3.46. The van der Waals surface area contributed by atoms with Crippen LogP contribution in [0.2, 0.25) is 0 Å². The lowest BCUT2D eigenvalue weighted by molar-refractivity contribution is -0.143. The first-order valence-electron chi connectivity index (χ1n) is 6.18. The van der Waals surface area contributed by atoms with Gasteiger partial charge in [-0.05, 0) is 37.9 Å². The maximum Gasteiger partial charge on any atom is 0.320 e. The van der Waals surface area contributed by atoms with Crippen molar-refractivity contribution in [2.75, 3.05) is 6.54 Å². The zero-order valence-electron chi connectivity index (χ0n) is 10.2. The Morgan fingerprint density at radius 2 is 2.35 bits per heavy atom. The molecule has 0 saturated carbocycles. The summed E-state index contributed by atoms with van der Waals surface area (Å²) in [5, 5.41) is 9.26. The molecule has 1 saturated heterocycles. The van der Waals surface area contributed by atoms with Gasteiger partial charge in [-0.1, -0.05) is 12.8 Å². The van der Waals surface area contributed by atoms with Gasteiger partial charge in [-0.3, -0.25) is 9.69 Å². The summed E-state index contributed by atoms with van der Waals surface area (Å²) in [6.45, 7) is 3.44. The molecular weight excluding hydrogens is 218 g/mol. The summed E-state index contributed by atoms with van der Waals surface area (Å²) in [5.41, 5.74) is 1.10. The molecule has 1 N–H and O–H groups in total. The van der Waals surface area contributed by atoms with Crippen LogP contribution in [0.5, 0.6) is 0 Å². The summed E-state index contributed by atoms with van der Waals surface area (Å²) in [5.74, 6) is 0.175. The molecule has 94 valence electrons. The minimum Gasteiger partial charge on any atom is -0.480 e. The summed E-state index contributed by atoms with van der Waals surface area (Å²) in [6.07, 6.45) is 5.61. The van der Waals surface area contributed by atoms with E-state index in [-0.39, 0.29) is 6.04 Å². The average molecular weight is 237 g/mol. The Balaban J connectivity index is 2.10. The van der Waals surface area contributed by atoms with Crippen molar-refractivity contribution in [3.05, 3.63) is 23.7 Å². The van der Waals surface area contributed by atoms with E-state index in [1.807, 2.05) is 17.9 Å². The lowest BCUT2D eigenvalue weighted by Crippen LogP contribution is -2.40. The molecular formula is C13H19NO3. The highest BCUT2D eigenvalue weighted by Crippen LogP contribution is 2.21. The molecule has 0 amide bonds. The molecule has 17 heavy (non-hydrogen) atoms. The average Bonchev–Trinajstić information content (AvgIpc) is 2.55. The lowest BCUT2D eigenvalue weighted by atomic mass is 10.1. The maximum atomic E-state index is 11.3. The van der Waals surface area contributed by atoms with Crippen LogP contribution < -0.4 is 0 Å². The molecule has 0 aromatic carbocycles. The molecule has 0 bridgehead atoms. The number of likely N-dealkylation sites (tertiary alicyclic amines) is 1. The molecule has 1 unspecified atom stereocenters. The van der Waals surface area contributed by atoms with Gasteiger partial charge in [0.2, 0.25) is 0 Å². The largest absolute Gasteiger partial charge is 0.480 e. The second kappa shape index (κ2) is 5.36. The fourth-order valence-corrected chi connectivity index (χ4v) is 2.39. The highest BCUT2D eigenvalue weighted by molar-refractivity contribution is 5.73. The van der Waals surface area contributed by atoms with Gasteiger partial charge in [0.05, 0.1) is 12.8 Å². The first-order valence-corrected chi connectivity index (χ1v) is 6.18. The fraction of sp³-hybridized carbons (Fsp3) is 0.615. The Hall–Kier alpha value is -1.29. The molecule has 1 aliphatic heterocycles. The molecule has 1 aromatic rings. The zero-order valence-corrected chi connectivity index (χ0v) is 10.2.